The van der Waals surface area contributed by atoms with Crippen molar-refractivity contribution in [2.45, 2.75) is 17.1 Å². The highest BCUT2D eigenvalue weighted by Gasteiger charge is 2.33. The van der Waals surface area contributed by atoms with Crippen LogP contribution in [0.3, 0.4) is 0 Å². The highest BCUT2D eigenvalue weighted by molar-refractivity contribution is 7.91. The van der Waals surface area contributed by atoms with Gasteiger partial charge in [0.2, 0.25) is 5.91 Å². The van der Waals surface area contributed by atoms with E-state index in [1.54, 1.807) is 41.7 Å². The second-order valence-corrected chi connectivity index (χ2v) is 11.0. The average molecular weight is 494 g/mol. The quantitative estimate of drug-likeness (QED) is 0.662. The van der Waals surface area contributed by atoms with Gasteiger partial charge in [0, 0.05) is 49.2 Å². The van der Waals surface area contributed by atoms with E-state index in [9.17, 15) is 18.0 Å². The van der Waals surface area contributed by atoms with E-state index in [1.807, 2.05) is 0 Å². The molecule has 0 spiro atoms. The highest BCUT2D eigenvalue weighted by Crippen LogP contribution is 2.29. The maximum Gasteiger partial charge on any atom is 0.254 e. The fourth-order valence-electron chi connectivity index (χ4n) is 3.94. The molecule has 0 saturated carbocycles. The number of carbonyl (C=O) groups is 2. The van der Waals surface area contributed by atoms with Crippen molar-refractivity contribution in [3.63, 3.8) is 0 Å². The van der Waals surface area contributed by atoms with E-state index in [0.717, 1.165) is 11.3 Å². The Kier molecular flexibility index (Phi) is 7.32. The van der Waals surface area contributed by atoms with Crippen molar-refractivity contribution in [3.05, 3.63) is 41.3 Å². The summed E-state index contributed by atoms with van der Waals surface area (Å²) in [5.41, 5.74) is 1.03. The van der Waals surface area contributed by atoms with Crippen LogP contribution in [0.5, 0.6) is 5.75 Å². The van der Waals surface area contributed by atoms with Crippen molar-refractivity contribution >= 4 is 38.9 Å². The predicted octanol–water partition coefficient (Wildman–Crippen LogP) is 2.27. The first-order valence-electron chi connectivity index (χ1n) is 10.8. The van der Waals surface area contributed by atoms with E-state index in [0.29, 0.717) is 56.1 Å². The minimum absolute atomic E-state index is 0.130. The number of nitrogens with one attached hydrogen (secondary N) is 1. The van der Waals surface area contributed by atoms with E-state index in [1.165, 1.54) is 10.4 Å². The molecule has 0 unspecified atom stereocenters. The number of piperidine rings is 1. The van der Waals surface area contributed by atoms with Crippen molar-refractivity contribution in [2.24, 2.45) is 5.92 Å². The molecule has 0 radical (unpaired) electrons. The molecule has 3 heterocycles. The van der Waals surface area contributed by atoms with Gasteiger partial charge >= 0.3 is 0 Å². The molecule has 2 aromatic rings. The first-order valence-corrected chi connectivity index (χ1v) is 13.1. The molecular formula is C22H27N3O6S2. The number of sulfonamides is 1. The molecule has 11 heteroatoms. The van der Waals surface area contributed by atoms with Gasteiger partial charge in [0.15, 0.2) is 0 Å². The van der Waals surface area contributed by atoms with Crippen LogP contribution in [-0.4, -0.2) is 75.9 Å². The summed E-state index contributed by atoms with van der Waals surface area (Å²) in [5.74, 6) is 0.0688. The van der Waals surface area contributed by atoms with Gasteiger partial charge in [0.25, 0.3) is 15.9 Å². The van der Waals surface area contributed by atoms with Gasteiger partial charge in [-0.25, -0.2) is 8.42 Å². The molecule has 2 aliphatic rings. The van der Waals surface area contributed by atoms with E-state index in [-0.39, 0.29) is 35.0 Å². The van der Waals surface area contributed by atoms with Crippen molar-refractivity contribution in [3.8, 4) is 5.75 Å². The summed E-state index contributed by atoms with van der Waals surface area (Å²) in [6.07, 6.45) is 0.861. The van der Waals surface area contributed by atoms with Crippen LogP contribution in [0.1, 0.15) is 23.2 Å². The van der Waals surface area contributed by atoms with Crippen LogP contribution in [0.15, 0.2) is 39.9 Å². The molecule has 2 fully saturated rings. The van der Waals surface area contributed by atoms with Crippen LogP contribution in [-0.2, 0) is 19.6 Å². The molecule has 4 rings (SSSR count). The third kappa shape index (κ3) is 5.37. The van der Waals surface area contributed by atoms with Gasteiger partial charge in [-0.3, -0.25) is 9.59 Å². The molecule has 178 valence electrons. The summed E-state index contributed by atoms with van der Waals surface area (Å²) in [5, 5.41) is 4.48. The third-order valence-corrected chi connectivity index (χ3v) is 9.19. The summed E-state index contributed by atoms with van der Waals surface area (Å²) in [7, 11) is -2.15. The SMILES string of the molecule is COc1cccc(NC(=O)C2CCN(S(=O)(=O)c3cc(C(=O)N4CCOCC4)cs3)CC2)c1. The number of methoxy groups -OCH3 is 1. The molecule has 1 N–H and O–H groups in total. The zero-order valence-electron chi connectivity index (χ0n) is 18.4. The zero-order valence-corrected chi connectivity index (χ0v) is 20.0. The Morgan fingerprint density at radius 1 is 1.12 bits per heavy atom. The Hall–Kier alpha value is -2.47. The van der Waals surface area contributed by atoms with E-state index < -0.39 is 10.0 Å². The van der Waals surface area contributed by atoms with Gasteiger partial charge in [-0.1, -0.05) is 6.07 Å². The Morgan fingerprint density at radius 2 is 1.85 bits per heavy atom. The van der Waals surface area contributed by atoms with Gasteiger partial charge in [0.05, 0.1) is 25.9 Å². The number of ether oxygens (including phenoxy) is 2. The lowest BCUT2D eigenvalue weighted by Crippen LogP contribution is -2.41. The third-order valence-electron chi connectivity index (χ3n) is 5.88. The number of benzene rings is 1. The number of amides is 2. The summed E-state index contributed by atoms with van der Waals surface area (Å²) in [6, 6.07) is 8.57. The molecular weight excluding hydrogens is 466 g/mol. The second-order valence-electron chi connectivity index (χ2n) is 7.96. The first-order chi connectivity index (χ1) is 15.9. The lowest BCUT2D eigenvalue weighted by molar-refractivity contribution is -0.120. The number of anilines is 1. The summed E-state index contributed by atoms with van der Waals surface area (Å²) in [6.45, 7) is 2.49. The molecule has 9 nitrogen and oxygen atoms in total. The number of hydrogen-bond acceptors (Lipinski definition) is 7. The standard InChI is InChI=1S/C22H27N3O6S2/c1-30-19-4-2-3-18(14-19)23-21(26)16-5-7-25(8-6-16)33(28,29)20-13-17(15-32-20)22(27)24-9-11-31-12-10-24/h2-4,13-16H,5-12H2,1H3,(H,23,26). The Bertz CT molecular complexity index is 1100. The fourth-order valence-corrected chi connectivity index (χ4v) is 6.72. The normalized spacial score (nSPS) is 18.2. The van der Waals surface area contributed by atoms with Crippen molar-refractivity contribution in [1.82, 2.24) is 9.21 Å². The number of thiophene rings is 1. The average Bonchev–Trinajstić information content (AvgIpc) is 3.35. The highest BCUT2D eigenvalue weighted by atomic mass is 32.2. The van der Waals surface area contributed by atoms with Gasteiger partial charge in [-0.05, 0) is 31.0 Å². The van der Waals surface area contributed by atoms with Gasteiger partial charge in [-0.2, -0.15) is 4.31 Å². The molecule has 0 aliphatic carbocycles. The van der Waals surface area contributed by atoms with E-state index in [4.69, 9.17) is 9.47 Å². The van der Waals surface area contributed by atoms with Gasteiger partial charge in [-0.15, -0.1) is 11.3 Å². The Morgan fingerprint density at radius 3 is 2.55 bits per heavy atom. The number of hydrogen-bond donors (Lipinski definition) is 1. The molecule has 33 heavy (non-hydrogen) atoms. The number of nitrogens with zero attached hydrogens (tertiary/aromatic N) is 2. The van der Waals surface area contributed by atoms with Crippen LogP contribution in [0.4, 0.5) is 5.69 Å². The maximum absolute atomic E-state index is 13.1. The van der Waals surface area contributed by atoms with Crippen LogP contribution in [0, 0.1) is 5.92 Å². The molecule has 0 bridgehead atoms. The lowest BCUT2D eigenvalue weighted by Gasteiger charge is -2.30. The van der Waals surface area contributed by atoms with E-state index >= 15 is 0 Å². The smallest absolute Gasteiger partial charge is 0.254 e. The molecule has 2 saturated heterocycles. The molecule has 1 aromatic heterocycles. The van der Waals surface area contributed by atoms with Crippen LogP contribution in [0.2, 0.25) is 0 Å². The fraction of sp³-hybridized carbons (Fsp3) is 0.455. The van der Waals surface area contributed by atoms with Crippen LogP contribution >= 0.6 is 11.3 Å². The number of rotatable bonds is 6. The molecule has 2 aliphatic heterocycles. The second kappa shape index (κ2) is 10.2. The summed E-state index contributed by atoms with van der Waals surface area (Å²) < 4.78 is 38.2. The molecule has 0 atom stereocenters. The lowest BCUT2D eigenvalue weighted by atomic mass is 9.97. The Labute approximate surface area is 197 Å². The number of morpholine rings is 1. The van der Waals surface area contributed by atoms with Crippen molar-refractivity contribution in [2.75, 3.05) is 51.8 Å². The molecule has 2 amide bonds. The predicted molar refractivity (Wildman–Crippen MR) is 124 cm³/mol. The van der Waals surface area contributed by atoms with Crippen LogP contribution < -0.4 is 10.1 Å². The van der Waals surface area contributed by atoms with Gasteiger partial charge < -0.3 is 19.7 Å². The molecule has 1 aromatic carbocycles. The first kappa shape index (κ1) is 23.7. The largest absolute Gasteiger partial charge is 0.497 e. The summed E-state index contributed by atoms with van der Waals surface area (Å²) in [4.78, 5) is 27.0. The minimum atomic E-state index is -3.71. The zero-order chi connectivity index (χ0) is 23.4. The Balaban J connectivity index is 1.35. The topological polar surface area (TPSA) is 105 Å². The van der Waals surface area contributed by atoms with Crippen molar-refractivity contribution < 1.29 is 27.5 Å². The summed E-state index contributed by atoms with van der Waals surface area (Å²) >= 11 is 1.06. The minimum Gasteiger partial charge on any atom is -0.497 e. The van der Waals surface area contributed by atoms with Gasteiger partial charge in [0.1, 0.15) is 9.96 Å². The van der Waals surface area contributed by atoms with Crippen molar-refractivity contribution in [1.29, 1.82) is 0 Å². The monoisotopic (exact) mass is 493 g/mol. The van der Waals surface area contributed by atoms with E-state index in [2.05, 4.69) is 5.32 Å². The maximum atomic E-state index is 13.1. The number of carbonyl (C=O) groups excluding carboxylic acids is 2. The van der Waals surface area contributed by atoms with Crippen LogP contribution in [0.25, 0.3) is 0 Å².